The topological polar surface area (TPSA) is 91.4 Å². The Morgan fingerprint density at radius 2 is 1.10 bits per heavy atom. The van der Waals surface area contributed by atoms with Crippen molar-refractivity contribution in [2.45, 2.75) is 52.7 Å². The molecule has 0 aliphatic carbocycles. The molecule has 30 heavy (non-hydrogen) atoms. The number of carbonyl (C=O) groups is 3. The van der Waals surface area contributed by atoms with Gasteiger partial charge in [-0.2, -0.15) is 0 Å². The predicted molar refractivity (Wildman–Crippen MR) is 119 cm³/mol. The lowest BCUT2D eigenvalue weighted by Crippen LogP contribution is -2.51. The van der Waals surface area contributed by atoms with E-state index < -0.39 is 5.60 Å². The second-order valence-electron chi connectivity index (χ2n) is 9.20. The van der Waals surface area contributed by atoms with Crippen LogP contribution in [0.15, 0.2) is 0 Å². The summed E-state index contributed by atoms with van der Waals surface area (Å²) in [6.45, 7) is 16.6. The van der Waals surface area contributed by atoms with Crippen LogP contribution in [-0.2, 0) is 14.3 Å². The number of hydrogen-bond donors (Lipinski definition) is 1. The predicted octanol–water partition coefficient (Wildman–Crippen LogP) is 2.29. The van der Waals surface area contributed by atoms with Gasteiger partial charge < -0.3 is 29.5 Å². The molecule has 3 amide bonds. The fourth-order valence-corrected chi connectivity index (χ4v) is 3.08. The van der Waals surface area contributed by atoms with E-state index in [0.717, 1.165) is 26.2 Å². The number of hydrogen-bond acceptors (Lipinski definition) is 6. The Bertz CT molecular complexity index is 575. The van der Waals surface area contributed by atoms with Crippen LogP contribution in [0.2, 0.25) is 0 Å². The summed E-state index contributed by atoms with van der Waals surface area (Å²) in [7, 11) is 0. The Kier molecular flexibility index (Phi) is 10.4. The average Bonchev–Trinajstić information content (AvgIpc) is 2.66. The van der Waals surface area contributed by atoms with E-state index in [0.29, 0.717) is 31.5 Å². The molecule has 0 spiro atoms. The molecule has 10 heteroatoms. The average molecular weight is 493 g/mol. The highest BCUT2D eigenvalue weighted by molar-refractivity contribution is 9.09. The zero-order chi connectivity index (χ0) is 22.9. The Morgan fingerprint density at radius 3 is 1.47 bits per heavy atom. The van der Waals surface area contributed by atoms with Gasteiger partial charge in [0.1, 0.15) is 11.2 Å². The molecule has 0 aromatic heterocycles. The first-order valence-corrected chi connectivity index (χ1v) is 11.4. The Labute approximate surface area is 188 Å². The molecule has 0 atom stereocenters. The molecule has 0 saturated carbocycles. The van der Waals surface area contributed by atoms with Crippen molar-refractivity contribution in [1.82, 2.24) is 20.0 Å². The van der Waals surface area contributed by atoms with E-state index in [2.05, 4.69) is 21.2 Å². The molecule has 174 valence electrons. The van der Waals surface area contributed by atoms with Crippen LogP contribution in [0.5, 0.6) is 0 Å². The fraction of sp³-hybridized carbons (Fsp3) is 0.850. The number of nitrogens with zero attached hydrogens (tertiary/aromatic N) is 3. The van der Waals surface area contributed by atoms with Crippen LogP contribution in [-0.4, -0.2) is 102 Å². The van der Waals surface area contributed by atoms with E-state index in [1.54, 1.807) is 14.7 Å². The van der Waals surface area contributed by atoms with Gasteiger partial charge in [-0.3, -0.25) is 4.79 Å². The van der Waals surface area contributed by atoms with E-state index in [1.807, 2.05) is 41.5 Å². The molecule has 1 N–H and O–H groups in total. The zero-order valence-electron chi connectivity index (χ0n) is 19.1. The summed E-state index contributed by atoms with van der Waals surface area (Å²) in [6.07, 6.45) is -0.502. The van der Waals surface area contributed by atoms with Crippen LogP contribution >= 0.6 is 15.9 Å². The van der Waals surface area contributed by atoms with Gasteiger partial charge in [-0.15, -0.1) is 0 Å². The van der Waals surface area contributed by atoms with Gasteiger partial charge in [0.2, 0.25) is 5.91 Å². The van der Waals surface area contributed by atoms with Gasteiger partial charge in [0, 0.05) is 52.4 Å². The van der Waals surface area contributed by atoms with Gasteiger partial charge in [-0.1, -0.05) is 15.9 Å². The van der Waals surface area contributed by atoms with Crippen molar-refractivity contribution in [3.05, 3.63) is 0 Å². The molecular weight excluding hydrogens is 456 g/mol. The highest BCUT2D eigenvalue weighted by Crippen LogP contribution is 2.12. The summed E-state index contributed by atoms with van der Waals surface area (Å²) < 4.78 is 10.5. The maximum absolute atomic E-state index is 11.8. The molecule has 2 aliphatic heterocycles. The van der Waals surface area contributed by atoms with Crippen LogP contribution in [0.1, 0.15) is 41.5 Å². The lowest BCUT2D eigenvalue weighted by atomic mass is 10.2. The van der Waals surface area contributed by atoms with Crippen molar-refractivity contribution in [3.8, 4) is 0 Å². The molecule has 0 unspecified atom stereocenters. The summed E-state index contributed by atoms with van der Waals surface area (Å²) in [5, 5.41) is 3.52. The molecule has 0 radical (unpaired) electrons. The molecule has 2 fully saturated rings. The van der Waals surface area contributed by atoms with Crippen LogP contribution in [0, 0.1) is 0 Å². The maximum Gasteiger partial charge on any atom is 0.410 e. The van der Waals surface area contributed by atoms with Crippen molar-refractivity contribution in [2.75, 3.05) is 57.7 Å². The van der Waals surface area contributed by atoms with Crippen molar-refractivity contribution in [2.24, 2.45) is 0 Å². The van der Waals surface area contributed by atoms with Crippen molar-refractivity contribution < 1.29 is 23.9 Å². The van der Waals surface area contributed by atoms with Gasteiger partial charge in [-0.25, -0.2) is 9.59 Å². The van der Waals surface area contributed by atoms with Crippen molar-refractivity contribution >= 4 is 34.0 Å². The third-order valence-electron chi connectivity index (χ3n) is 4.17. The monoisotopic (exact) mass is 492 g/mol. The lowest BCUT2D eigenvalue weighted by molar-refractivity contribution is -0.130. The van der Waals surface area contributed by atoms with Gasteiger partial charge in [0.05, 0.1) is 5.33 Å². The van der Waals surface area contributed by atoms with Crippen LogP contribution in [0.3, 0.4) is 0 Å². The fourth-order valence-electron chi connectivity index (χ4n) is 2.72. The molecule has 0 aromatic carbocycles. The van der Waals surface area contributed by atoms with Crippen molar-refractivity contribution in [1.29, 1.82) is 0 Å². The molecule has 0 bridgehead atoms. The standard InChI is InChI=1S/C11H19BrN2O3.C9H18N2O2/c1-11(2,3)17-10(16)14-6-4-13(5-7-14)9(15)8-12;1-9(2,3)13-8(12)11-6-4-10-5-7-11/h4-8H2,1-3H3;10H,4-7H2,1-3H3. The molecular formula is C20H37BrN4O5. The Hall–Kier alpha value is -1.55. The number of nitrogens with one attached hydrogen (secondary N) is 1. The van der Waals surface area contributed by atoms with E-state index in [4.69, 9.17) is 9.47 Å². The summed E-state index contributed by atoms with van der Waals surface area (Å²) in [5.74, 6) is 0.0637. The van der Waals surface area contributed by atoms with Gasteiger partial charge in [0.25, 0.3) is 0 Å². The third kappa shape index (κ3) is 10.5. The molecule has 2 aliphatic rings. The van der Waals surface area contributed by atoms with E-state index >= 15 is 0 Å². The van der Waals surface area contributed by atoms with E-state index in [9.17, 15) is 14.4 Å². The van der Waals surface area contributed by atoms with Crippen LogP contribution in [0.25, 0.3) is 0 Å². The highest BCUT2D eigenvalue weighted by atomic mass is 79.9. The van der Waals surface area contributed by atoms with E-state index in [-0.39, 0.29) is 23.7 Å². The number of piperazine rings is 2. The molecule has 0 aromatic rings. The minimum atomic E-state index is -0.472. The number of carbonyl (C=O) groups excluding carboxylic acids is 3. The first-order valence-electron chi connectivity index (χ1n) is 10.3. The lowest BCUT2D eigenvalue weighted by Gasteiger charge is -2.35. The Balaban J connectivity index is 0.000000311. The molecule has 9 nitrogen and oxygen atoms in total. The van der Waals surface area contributed by atoms with Crippen molar-refractivity contribution in [3.63, 3.8) is 0 Å². The second kappa shape index (κ2) is 11.7. The van der Waals surface area contributed by atoms with Gasteiger partial charge in [0.15, 0.2) is 0 Å². The second-order valence-corrected chi connectivity index (χ2v) is 9.76. The number of ether oxygens (including phenoxy) is 2. The number of alkyl halides is 1. The van der Waals surface area contributed by atoms with Gasteiger partial charge >= 0.3 is 12.2 Å². The summed E-state index contributed by atoms with van der Waals surface area (Å²) in [6, 6.07) is 0. The highest BCUT2D eigenvalue weighted by Gasteiger charge is 2.27. The van der Waals surface area contributed by atoms with Crippen LogP contribution < -0.4 is 5.32 Å². The summed E-state index contributed by atoms with van der Waals surface area (Å²) in [5.41, 5.74) is -0.859. The molecule has 2 heterocycles. The largest absolute Gasteiger partial charge is 0.444 e. The number of rotatable bonds is 1. The Morgan fingerprint density at radius 1 is 0.733 bits per heavy atom. The summed E-state index contributed by atoms with van der Waals surface area (Å²) >= 11 is 3.14. The molecule has 2 rings (SSSR count). The summed E-state index contributed by atoms with van der Waals surface area (Å²) in [4.78, 5) is 39.8. The van der Waals surface area contributed by atoms with Crippen LogP contribution in [0.4, 0.5) is 9.59 Å². The first kappa shape index (κ1) is 26.5. The normalized spacial score (nSPS) is 17.6. The zero-order valence-corrected chi connectivity index (χ0v) is 20.7. The molecule has 2 saturated heterocycles. The number of halogens is 1. The quantitative estimate of drug-likeness (QED) is 0.564. The van der Waals surface area contributed by atoms with E-state index in [1.165, 1.54) is 0 Å². The SMILES string of the molecule is CC(C)(C)OC(=O)N1CCN(C(=O)CBr)CC1.CC(C)(C)OC(=O)N1CCNCC1. The minimum Gasteiger partial charge on any atom is -0.444 e. The maximum atomic E-state index is 11.8. The van der Waals surface area contributed by atoms with Gasteiger partial charge in [-0.05, 0) is 41.5 Å². The minimum absolute atomic E-state index is 0.0637. The smallest absolute Gasteiger partial charge is 0.410 e. The third-order valence-corrected chi connectivity index (χ3v) is 4.65. The first-order chi connectivity index (χ1) is 13.8. The number of amides is 3.